The molecule has 0 spiro atoms. The summed E-state index contributed by atoms with van der Waals surface area (Å²) in [6.45, 7) is 2.49. The van der Waals surface area contributed by atoms with Crippen molar-refractivity contribution < 1.29 is 13.5 Å². The van der Waals surface area contributed by atoms with Crippen molar-refractivity contribution >= 4 is 27.5 Å². The molecule has 0 radical (unpaired) electrons. The first-order chi connectivity index (χ1) is 10.0. The van der Waals surface area contributed by atoms with Gasteiger partial charge in [-0.05, 0) is 42.7 Å². The molecular weight excluding hydrogens is 362 g/mol. The van der Waals surface area contributed by atoms with Gasteiger partial charge < -0.3 is 4.74 Å². The number of hydrogen-bond acceptors (Lipinski definition) is 1. The number of halogens is 4. The number of alkyl halides is 1. The molecule has 0 saturated heterocycles. The molecule has 0 fully saturated rings. The summed E-state index contributed by atoms with van der Waals surface area (Å²) >= 11 is 9.80. The highest BCUT2D eigenvalue weighted by Crippen LogP contribution is 2.34. The highest BCUT2D eigenvalue weighted by Gasteiger charge is 2.15. The molecule has 0 heterocycles. The molecule has 0 bridgehead atoms. The Hall–Kier alpha value is -1.13. The van der Waals surface area contributed by atoms with E-state index in [0.29, 0.717) is 12.2 Å². The predicted molar refractivity (Wildman–Crippen MR) is 84.0 cm³/mol. The number of ether oxygens (including phenoxy) is 1. The third-order valence-electron chi connectivity index (χ3n) is 3.03. The SMILES string of the molecule is CCOc1ccc(C(Cl)Cc2ccc(F)cc2F)c(Br)c1. The Bertz CT molecular complexity index is 634. The van der Waals surface area contributed by atoms with E-state index in [1.54, 1.807) is 0 Å². The summed E-state index contributed by atoms with van der Waals surface area (Å²) in [7, 11) is 0. The molecule has 0 amide bonds. The molecule has 5 heteroatoms. The van der Waals surface area contributed by atoms with Gasteiger partial charge in [0.15, 0.2) is 0 Å². The molecule has 112 valence electrons. The summed E-state index contributed by atoms with van der Waals surface area (Å²) in [6, 6.07) is 9.01. The second-order valence-electron chi connectivity index (χ2n) is 4.52. The average molecular weight is 376 g/mol. The minimum absolute atomic E-state index is 0.278. The van der Waals surface area contributed by atoms with Gasteiger partial charge >= 0.3 is 0 Å². The molecule has 0 aliphatic heterocycles. The Morgan fingerprint density at radius 1 is 1.19 bits per heavy atom. The van der Waals surface area contributed by atoms with E-state index in [0.717, 1.165) is 21.9 Å². The quantitative estimate of drug-likeness (QED) is 0.614. The van der Waals surface area contributed by atoms with Crippen molar-refractivity contribution in [2.24, 2.45) is 0 Å². The molecule has 21 heavy (non-hydrogen) atoms. The third-order valence-corrected chi connectivity index (χ3v) is 4.11. The van der Waals surface area contributed by atoms with Crippen molar-refractivity contribution in [3.63, 3.8) is 0 Å². The lowest BCUT2D eigenvalue weighted by Gasteiger charge is -2.14. The van der Waals surface area contributed by atoms with Crippen LogP contribution in [0.1, 0.15) is 23.4 Å². The van der Waals surface area contributed by atoms with Crippen molar-refractivity contribution in [3.8, 4) is 5.75 Å². The first-order valence-corrected chi connectivity index (χ1v) is 7.74. The molecule has 0 aliphatic carbocycles. The van der Waals surface area contributed by atoms with Crippen molar-refractivity contribution in [3.05, 3.63) is 63.6 Å². The Labute approximate surface area is 136 Å². The van der Waals surface area contributed by atoms with Crippen molar-refractivity contribution in [2.75, 3.05) is 6.61 Å². The van der Waals surface area contributed by atoms with E-state index >= 15 is 0 Å². The summed E-state index contributed by atoms with van der Waals surface area (Å²) in [5.41, 5.74) is 1.22. The summed E-state index contributed by atoms with van der Waals surface area (Å²) in [5, 5.41) is -0.421. The van der Waals surface area contributed by atoms with Crippen molar-refractivity contribution in [2.45, 2.75) is 18.7 Å². The van der Waals surface area contributed by atoms with E-state index in [-0.39, 0.29) is 6.42 Å². The van der Waals surface area contributed by atoms with E-state index in [4.69, 9.17) is 16.3 Å². The van der Waals surface area contributed by atoms with Crippen LogP contribution in [0, 0.1) is 11.6 Å². The maximum absolute atomic E-state index is 13.7. The zero-order valence-electron chi connectivity index (χ0n) is 11.4. The number of benzene rings is 2. The van der Waals surface area contributed by atoms with Crippen LogP contribution in [0.2, 0.25) is 0 Å². The third kappa shape index (κ3) is 4.17. The van der Waals surface area contributed by atoms with E-state index in [1.807, 2.05) is 25.1 Å². The van der Waals surface area contributed by atoms with Crippen LogP contribution in [0.15, 0.2) is 40.9 Å². The van der Waals surface area contributed by atoms with Gasteiger partial charge in [-0.2, -0.15) is 0 Å². The van der Waals surface area contributed by atoms with Gasteiger partial charge in [-0.25, -0.2) is 8.78 Å². The molecule has 0 N–H and O–H groups in total. The molecule has 1 unspecified atom stereocenters. The van der Waals surface area contributed by atoms with Crippen LogP contribution in [0.5, 0.6) is 5.75 Å². The van der Waals surface area contributed by atoms with Crippen molar-refractivity contribution in [1.82, 2.24) is 0 Å². The van der Waals surface area contributed by atoms with Gasteiger partial charge in [0.05, 0.1) is 12.0 Å². The topological polar surface area (TPSA) is 9.23 Å². The van der Waals surface area contributed by atoms with Gasteiger partial charge in [-0.15, -0.1) is 11.6 Å². The number of rotatable bonds is 5. The van der Waals surface area contributed by atoms with Gasteiger partial charge in [0.1, 0.15) is 17.4 Å². The van der Waals surface area contributed by atoms with Crippen molar-refractivity contribution in [1.29, 1.82) is 0 Å². The molecule has 2 aromatic rings. The van der Waals surface area contributed by atoms with Gasteiger partial charge in [0.25, 0.3) is 0 Å². The van der Waals surface area contributed by atoms with Gasteiger partial charge in [-0.3, -0.25) is 0 Å². The van der Waals surface area contributed by atoms with Crippen LogP contribution in [-0.4, -0.2) is 6.61 Å². The van der Waals surface area contributed by atoms with Gasteiger partial charge in [0.2, 0.25) is 0 Å². The molecule has 2 rings (SSSR count). The summed E-state index contributed by atoms with van der Waals surface area (Å²) in [5.74, 6) is -0.433. The lowest BCUT2D eigenvalue weighted by atomic mass is 10.0. The summed E-state index contributed by atoms with van der Waals surface area (Å²) in [6.07, 6.45) is 0.278. The molecule has 2 aromatic carbocycles. The molecular formula is C16H14BrClF2O. The predicted octanol–water partition coefficient (Wildman–Crippen LogP) is 5.65. The smallest absolute Gasteiger partial charge is 0.129 e. The van der Waals surface area contributed by atoms with E-state index < -0.39 is 17.0 Å². The zero-order chi connectivity index (χ0) is 15.4. The first kappa shape index (κ1) is 16.2. The fraction of sp³-hybridized carbons (Fsp3) is 0.250. The minimum atomic E-state index is -0.593. The zero-order valence-corrected chi connectivity index (χ0v) is 13.7. The maximum Gasteiger partial charge on any atom is 0.129 e. The Balaban J connectivity index is 2.18. The highest BCUT2D eigenvalue weighted by molar-refractivity contribution is 9.10. The average Bonchev–Trinajstić information content (AvgIpc) is 2.42. The highest BCUT2D eigenvalue weighted by atomic mass is 79.9. The maximum atomic E-state index is 13.7. The second-order valence-corrected chi connectivity index (χ2v) is 5.90. The molecule has 1 nitrogen and oxygen atoms in total. The van der Waals surface area contributed by atoms with Crippen LogP contribution in [-0.2, 0) is 6.42 Å². The van der Waals surface area contributed by atoms with E-state index in [2.05, 4.69) is 15.9 Å². The van der Waals surface area contributed by atoms with Gasteiger partial charge in [0, 0.05) is 10.5 Å². The summed E-state index contributed by atoms with van der Waals surface area (Å²) < 4.78 is 32.8. The normalized spacial score (nSPS) is 12.2. The Morgan fingerprint density at radius 3 is 2.57 bits per heavy atom. The Morgan fingerprint density at radius 2 is 1.95 bits per heavy atom. The molecule has 1 atom stereocenters. The number of hydrogen-bond donors (Lipinski definition) is 0. The fourth-order valence-corrected chi connectivity index (χ4v) is 3.13. The minimum Gasteiger partial charge on any atom is -0.494 e. The standard InChI is InChI=1S/C16H14BrClF2O/c1-2-21-12-5-6-13(14(17)9-12)15(18)7-10-3-4-11(19)8-16(10)20/h3-6,8-9,15H,2,7H2,1H3. The van der Waals surface area contributed by atoms with Crippen LogP contribution in [0.25, 0.3) is 0 Å². The molecule has 0 aliphatic rings. The first-order valence-electron chi connectivity index (χ1n) is 6.51. The lowest BCUT2D eigenvalue weighted by Crippen LogP contribution is -2.01. The fourth-order valence-electron chi connectivity index (χ4n) is 2.01. The van der Waals surface area contributed by atoms with Gasteiger partial charge in [-0.1, -0.05) is 28.1 Å². The Kier molecular flexibility index (Phi) is 5.59. The van der Waals surface area contributed by atoms with Crippen LogP contribution in [0.4, 0.5) is 8.78 Å². The largest absolute Gasteiger partial charge is 0.494 e. The second kappa shape index (κ2) is 7.23. The lowest BCUT2D eigenvalue weighted by molar-refractivity contribution is 0.340. The van der Waals surface area contributed by atoms with Crippen LogP contribution < -0.4 is 4.74 Å². The van der Waals surface area contributed by atoms with E-state index in [1.165, 1.54) is 12.1 Å². The summed E-state index contributed by atoms with van der Waals surface area (Å²) in [4.78, 5) is 0. The van der Waals surface area contributed by atoms with E-state index in [9.17, 15) is 8.78 Å². The van der Waals surface area contributed by atoms with Crippen LogP contribution >= 0.6 is 27.5 Å². The molecule has 0 aromatic heterocycles. The monoisotopic (exact) mass is 374 g/mol. The van der Waals surface area contributed by atoms with Crippen LogP contribution in [0.3, 0.4) is 0 Å². The molecule has 0 saturated carbocycles.